The van der Waals surface area contributed by atoms with E-state index in [9.17, 15) is 4.79 Å². The van der Waals surface area contributed by atoms with Crippen molar-refractivity contribution in [2.24, 2.45) is 0 Å². The molecule has 0 aromatic heterocycles. The first-order valence-electron chi connectivity index (χ1n) is 12.1. The number of carbonyl (C=O) groups excluding carboxylic acids is 1. The normalized spacial score (nSPS) is 13.9. The molecule has 0 unspecified atom stereocenters. The number of nitrogens with zero attached hydrogens (tertiary/aromatic N) is 3. The lowest BCUT2D eigenvalue weighted by molar-refractivity contribution is -0.121. The van der Waals surface area contributed by atoms with Crippen LogP contribution < -0.4 is 19.7 Å². The Balaban J connectivity index is 1.22. The van der Waals surface area contributed by atoms with Gasteiger partial charge in [0.05, 0.1) is 25.3 Å². The van der Waals surface area contributed by atoms with E-state index in [0.29, 0.717) is 43.1 Å². The molecule has 1 amide bonds. The Bertz CT molecular complexity index is 965. The molecule has 182 valence electrons. The smallest absolute Gasteiger partial charge is 0.220 e. The number of rotatable bonds is 12. The highest BCUT2D eigenvalue weighted by atomic mass is 16.5. The summed E-state index contributed by atoms with van der Waals surface area (Å²) in [6, 6.07) is 15.9. The molecule has 3 rings (SSSR count). The molecule has 7 nitrogen and oxygen atoms in total. The van der Waals surface area contributed by atoms with Crippen LogP contribution in [0, 0.1) is 18.3 Å². The van der Waals surface area contributed by atoms with Crippen LogP contribution in [0.1, 0.15) is 36.8 Å². The van der Waals surface area contributed by atoms with Crippen molar-refractivity contribution in [1.82, 2.24) is 10.2 Å². The minimum atomic E-state index is 0.0576. The summed E-state index contributed by atoms with van der Waals surface area (Å²) in [4.78, 5) is 17.1. The number of ether oxygens (including phenoxy) is 2. The summed E-state index contributed by atoms with van der Waals surface area (Å²) in [7, 11) is 1.54. The van der Waals surface area contributed by atoms with E-state index in [0.717, 1.165) is 45.6 Å². The van der Waals surface area contributed by atoms with Gasteiger partial charge in [-0.1, -0.05) is 12.1 Å². The monoisotopic (exact) mass is 464 g/mol. The molecule has 0 saturated carbocycles. The van der Waals surface area contributed by atoms with Gasteiger partial charge in [-0.15, -0.1) is 0 Å². The minimum absolute atomic E-state index is 0.0576. The molecule has 0 spiro atoms. The van der Waals surface area contributed by atoms with Crippen molar-refractivity contribution in [1.29, 1.82) is 5.26 Å². The number of hydrogen-bond donors (Lipinski definition) is 1. The average Bonchev–Trinajstić information content (AvgIpc) is 2.86. The lowest BCUT2D eigenvalue weighted by atomic mass is 10.2. The maximum Gasteiger partial charge on any atom is 0.220 e. The number of piperazine rings is 1. The maximum absolute atomic E-state index is 12.1. The third-order valence-corrected chi connectivity index (χ3v) is 6.06. The van der Waals surface area contributed by atoms with E-state index >= 15 is 0 Å². The fourth-order valence-electron chi connectivity index (χ4n) is 4.10. The van der Waals surface area contributed by atoms with Gasteiger partial charge in [0.25, 0.3) is 0 Å². The topological polar surface area (TPSA) is 77.8 Å². The zero-order valence-electron chi connectivity index (χ0n) is 20.4. The Labute approximate surface area is 203 Å². The van der Waals surface area contributed by atoms with Crippen molar-refractivity contribution in [3.63, 3.8) is 0 Å². The minimum Gasteiger partial charge on any atom is -0.493 e. The van der Waals surface area contributed by atoms with Crippen molar-refractivity contribution in [2.45, 2.75) is 32.6 Å². The fourth-order valence-corrected chi connectivity index (χ4v) is 4.10. The largest absolute Gasteiger partial charge is 0.493 e. The Morgan fingerprint density at radius 2 is 1.88 bits per heavy atom. The molecular weight excluding hydrogens is 428 g/mol. The van der Waals surface area contributed by atoms with Crippen LogP contribution in [0.15, 0.2) is 42.5 Å². The van der Waals surface area contributed by atoms with Crippen molar-refractivity contribution >= 4 is 11.6 Å². The first kappa shape index (κ1) is 25.4. The lowest BCUT2D eigenvalue weighted by Gasteiger charge is -2.36. The number of aryl methyl sites for hydroxylation is 1. The number of nitrogens with one attached hydrogen (secondary N) is 1. The van der Waals surface area contributed by atoms with Crippen LogP contribution in [0.5, 0.6) is 11.5 Å². The first-order valence-corrected chi connectivity index (χ1v) is 12.1. The second kappa shape index (κ2) is 13.5. The first-order chi connectivity index (χ1) is 16.6. The highest BCUT2D eigenvalue weighted by molar-refractivity contribution is 5.75. The molecule has 2 aromatic rings. The molecule has 34 heavy (non-hydrogen) atoms. The van der Waals surface area contributed by atoms with Crippen LogP contribution in [-0.2, 0) is 4.79 Å². The third kappa shape index (κ3) is 7.96. The number of amides is 1. The van der Waals surface area contributed by atoms with E-state index < -0.39 is 0 Å². The van der Waals surface area contributed by atoms with E-state index in [4.69, 9.17) is 14.7 Å². The van der Waals surface area contributed by atoms with E-state index in [-0.39, 0.29) is 5.91 Å². The van der Waals surface area contributed by atoms with E-state index in [1.54, 1.807) is 25.3 Å². The SMILES string of the molecule is COc1cc(C#N)ccc1OCCCC(=O)NCCCCN1CCN(c2cccc(C)c2)CC1. The Hall–Kier alpha value is -3.24. The second-order valence-corrected chi connectivity index (χ2v) is 8.65. The van der Waals surface area contributed by atoms with E-state index in [1.165, 1.54) is 11.3 Å². The Morgan fingerprint density at radius 3 is 2.62 bits per heavy atom. The van der Waals surface area contributed by atoms with Crippen LogP contribution in [0.3, 0.4) is 0 Å². The highest BCUT2D eigenvalue weighted by Gasteiger charge is 2.16. The highest BCUT2D eigenvalue weighted by Crippen LogP contribution is 2.28. The molecule has 0 bridgehead atoms. The number of anilines is 1. The number of benzene rings is 2. The molecule has 7 heteroatoms. The zero-order valence-corrected chi connectivity index (χ0v) is 20.4. The molecule has 1 heterocycles. The summed E-state index contributed by atoms with van der Waals surface area (Å²) in [5.74, 6) is 1.17. The molecule has 0 atom stereocenters. The number of nitriles is 1. The quantitative estimate of drug-likeness (QED) is 0.482. The third-order valence-electron chi connectivity index (χ3n) is 6.06. The van der Waals surface area contributed by atoms with Crippen LogP contribution >= 0.6 is 0 Å². The van der Waals surface area contributed by atoms with Gasteiger partial charge >= 0.3 is 0 Å². The Kier molecular flexibility index (Phi) is 10.1. The summed E-state index contributed by atoms with van der Waals surface area (Å²) < 4.78 is 11.0. The molecule has 0 radical (unpaired) electrons. The van der Waals surface area contributed by atoms with Gasteiger partial charge in [0, 0.05) is 50.9 Å². The van der Waals surface area contributed by atoms with Crippen LogP contribution in [-0.4, -0.2) is 63.8 Å². The van der Waals surface area contributed by atoms with Gasteiger partial charge in [0.2, 0.25) is 5.91 Å². The van der Waals surface area contributed by atoms with Gasteiger partial charge in [-0.05, 0) is 62.6 Å². The van der Waals surface area contributed by atoms with Crippen molar-refractivity contribution < 1.29 is 14.3 Å². The van der Waals surface area contributed by atoms with Crippen molar-refractivity contribution in [3.05, 3.63) is 53.6 Å². The summed E-state index contributed by atoms with van der Waals surface area (Å²) >= 11 is 0. The number of unbranched alkanes of at least 4 members (excludes halogenated alkanes) is 1. The summed E-state index contributed by atoms with van der Waals surface area (Å²) in [6.45, 7) is 8.66. The molecular formula is C27H36N4O3. The fraction of sp³-hybridized carbons (Fsp3) is 0.481. The van der Waals surface area contributed by atoms with Crippen LogP contribution in [0.2, 0.25) is 0 Å². The molecule has 1 aliphatic rings. The van der Waals surface area contributed by atoms with Gasteiger partial charge in [-0.2, -0.15) is 5.26 Å². The molecule has 1 aliphatic heterocycles. The van der Waals surface area contributed by atoms with Gasteiger partial charge in [0.15, 0.2) is 11.5 Å². The Morgan fingerprint density at radius 1 is 1.06 bits per heavy atom. The number of methoxy groups -OCH3 is 1. The van der Waals surface area contributed by atoms with Crippen molar-refractivity contribution in [3.8, 4) is 17.6 Å². The molecule has 2 aromatic carbocycles. The lowest BCUT2D eigenvalue weighted by Crippen LogP contribution is -2.46. The molecule has 1 N–H and O–H groups in total. The van der Waals surface area contributed by atoms with Gasteiger partial charge in [-0.3, -0.25) is 9.69 Å². The maximum atomic E-state index is 12.1. The van der Waals surface area contributed by atoms with E-state index in [2.05, 4.69) is 52.4 Å². The summed E-state index contributed by atoms with van der Waals surface area (Å²) in [6.07, 6.45) is 3.13. The molecule has 1 saturated heterocycles. The van der Waals surface area contributed by atoms with Crippen molar-refractivity contribution in [2.75, 3.05) is 57.9 Å². The molecule has 1 fully saturated rings. The predicted octanol–water partition coefficient (Wildman–Crippen LogP) is 3.75. The standard InChI is InChI=1S/C27H36N4O3/c1-22-7-5-8-24(19-22)31-16-14-30(15-17-31)13-4-3-12-29-27(32)9-6-18-34-25-11-10-23(21-28)20-26(25)33-2/h5,7-8,10-11,19-20H,3-4,6,9,12-18H2,1-2H3,(H,29,32). The van der Waals surface area contributed by atoms with Crippen LogP contribution in [0.4, 0.5) is 5.69 Å². The second-order valence-electron chi connectivity index (χ2n) is 8.65. The zero-order chi connectivity index (χ0) is 24.2. The van der Waals surface area contributed by atoms with E-state index in [1.807, 2.05) is 0 Å². The summed E-state index contributed by atoms with van der Waals surface area (Å²) in [5.41, 5.74) is 3.15. The predicted molar refractivity (Wildman–Crippen MR) is 135 cm³/mol. The summed E-state index contributed by atoms with van der Waals surface area (Å²) in [5, 5.41) is 12.0. The van der Waals surface area contributed by atoms with Crippen LogP contribution in [0.25, 0.3) is 0 Å². The van der Waals surface area contributed by atoms with Gasteiger partial charge in [0.1, 0.15) is 0 Å². The van der Waals surface area contributed by atoms with Gasteiger partial charge < -0.3 is 19.7 Å². The number of carbonyl (C=O) groups is 1. The average molecular weight is 465 g/mol. The number of hydrogen-bond acceptors (Lipinski definition) is 6. The van der Waals surface area contributed by atoms with Gasteiger partial charge in [-0.25, -0.2) is 0 Å². The molecule has 0 aliphatic carbocycles.